The fraction of sp³-hybridized carbons (Fsp3) is 0.625. The van der Waals surface area contributed by atoms with E-state index in [2.05, 4.69) is 48.0 Å². The first kappa shape index (κ1) is 13.9. The Kier molecular flexibility index (Phi) is 5.11. The van der Waals surface area contributed by atoms with Gasteiger partial charge in [-0.3, -0.25) is 0 Å². The molecule has 2 rings (SSSR count). The van der Waals surface area contributed by atoms with Crippen molar-refractivity contribution in [2.75, 3.05) is 6.61 Å². The molecule has 18 heavy (non-hydrogen) atoms. The fourth-order valence-corrected chi connectivity index (χ4v) is 3.64. The minimum atomic E-state index is 0.489. The quantitative estimate of drug-likeness (QED) is 0.650. The van der Waals surface area contributed by atoms with Gasteiger partial charge >= 0.3 is 0 Å². The van der Waals surface area contributed by atoms with Gasteiger partial charge in [-0.05, 0) is 36.0 Å². The molecule has 0 saturated heterocycles. The Morgan fingerprint density at radius 3 is 2.61 bits per heavy atom. The first-order valence-electron chi connectivity index (χ1n) is 7.16. The minimum absolute atomic E-state index is 0.489. The molecule has 0 aromatic heterocycles. The lowest BCUT2D eigenvalue weighted by atomic mass is 9.90. The van der Waals surface area contributed by atoms with E-state index in [1.54, 1.807) is 0 Å². The summed E-state index contributed by atoms with van der Waals surface area (Å²) >= 11 is 3.92. The normalized spacial score (nSPS) is 15.6. The summed E-state index contributed by atoms with van der Waals surface area (Å²) in [5, 5.41) is 0. The summed E-state index contributed by atoms with van der Waals surface area (Å²) in [6.45, 7) is 5.40. The first-order chi connectivity index (χ1) is 8.76. The third kappa shape index (κ3) is 3.09. The number of hydrogen-bond acceptors (Lipinski definition) is 1. The van der Waals surface area contributed by atoms with Crippen LogP contribution in [0.1, 0.15) is 55.5 Å². The minimum Gasteiger partial charge on any atom is -0.493 e. The Balaban J connectivity index is 2.13. The average Bonchev–Trinajstić information content (AvgIpc) is 2.84. The molecule has 1 aliphatic rings. The lowest BCUT2D eigenvalue weighted by Gasteiger charge is -2.22. The van der Waals surface area contributed by atoms with Gasteiger partial charge in [0.15, 0.2) is 0 Å². The fourth-order valence-electron chi connectivity index (χ4n) is 2.83. The Labute approximate surface area is 119 Å². The van der Waals surface area contributed by atoms with E-state index >= 15 is 0 Å². The van der Waals surface area contributed by atoms with Crippen molar-refractivity contribution in [3.8, 4) is 5.75 Å². The van der Waals surface area contributed by atoms with E-state index in [-0.39, 0.29) is 0 Å². The highest BCUT2D eigenvalue weighted by Crippen LogP contribution is 2.39. The standard InChI is InChI=1S/C16H23BrO/c1-3-5-12(6-4-2)16(17)14-7-8-15-13(11-14)9-10-18-15/h7-8,11-12,16H,3-6,9-10H2,1-2H3. The van der Waals surface area contributed by atoms with Crippen LogP contribution in [0.5, 0.6) is 5.75 Å². The van der Waals surface area contributed by atoms with E-state index in [4.69, 9.17) is 4.74 Å². The number of halogens is 1. The van der Waals surface area contributed by atoms with Crippen LogP contribution in [0.15, 0.2) is 18.2 Å². The molecule has 0 amide bonds. The van der Waals surface area contributed by atoms with Gasteiger partial charge in [-0.15, -0.1) is 0 Å². The molecule has 1 aliphatic heterocycles. The van der Waals surface area contributed by atoms with Crippen LogP contribution in [0, 0.1) is 5.92 Å². The number of fused-ring (bicyclic) bond motifs is 1. The number of benzene rings is 1. The number of ether oxygens (including phenoxy) is 1. The summed E-state index contributed by atoms with van der Waals surface area (Å²) < 4.78 is 5.57. The molecule has 0 fully saturated rings. The lowest BCUT2D eigenvalue weighted by Crippen LogP contribution is -2.07. The molecule has 100 valence electrons. The highest BCUT2D eigenvalue weighted by molar-refractivity contribution is 9.09. The molecule has 0 aliphatic carbocycles. The third-order valence-electron chi connectivity index (χ3n) is 3.76. The molecule has 1 atom stereocenters. The monoisotopic (exact) mass is 310 g/mol. The van der Waals surface area contributed by atoms with Crippen LogP contribution < -0.4 is 4.74 Å². The van der Waals surface area contributed by atoms with E-state index in [1.165, 1.54) is 36.8 Å². The Hall–Kier alpha value is -0.500. The smallest absolute Gasteiger partial charge is 0.122 e. The van der Waals surface area contributed by atoms with Crippen molar-refractivity contribution in [3.05, 3.63) is 29.3 Å². The van der Waals surface area contributed by atoms with Gasteiger partial charge in [-0.1, -0.05) is 54.8 Å². The summed E-state index contributed by atoms with van der Waals surface area (Å²) in [6, 6.07) is 6.70. The molecule has 2 heteroatoms. The SMILES string of the molecule is CCCC(CCC)C(Br)c1ccc2c(c1)CCO2. The van der Waals surface area contributed by atoms with Gasteiger partial charge in [0.05, 0.1) is 6.61 Å². The van der Waals surface area contributed by atoms with Gasteiger partial charge in [0.25, 0.3) is 0 Å². The molecular weight excluding hydrogens is 288 g/mol. The lowest BCUT2D eigenvalue weighted by molar-refractivity contribution is 0.356. The molecule has 0 radical (unpaired) electrons. The van der Waals surface area contributed by atoms with E-state index in [1.807, 2.05) is 0 Å². The van der Waals surface area contributed by atoms with Crippen LogP contribution in [0.3, 0.4) is 0 Å². The van der Waals surface area contributed by atoms with Crippen LogP contribution in [0.4, 0.5) is 0 Å². The second-order valence-corrected chi connectivity index (χ2v) is 6.19. The van der Waals surface area contributed by atoms with Crippen molar-refractivity contribution in [2.24, 2.45) is 5.92 Å². The molecule has 0 bridgehead atoms. The van der Waals surface area contributed by atoms with Crippen molar-refractivity contribution in [2.45, 2.75) is 50.8 Å². The molecule has 1 aromatic rings. The predicted molar refractivity (Wildman–Crippen MR) is 80.6 cm³/mol. The molecule has 1 nitrogen and oxygen atoms in total. The summed E-state index contributed by atoms with van der Waals surface area (Å²) in [5.41, 5.74) is 2.80. The van der Waals surface area contributed by atoms with Crippen LogP contribution >= 0.6 is 15.9 Å². The summed E-state index contributed by atoms with van der Waals surface area (Å²) in [4.78, 5) is 0.489. The van der Waals surface area contributed by atoms with Gasteiger partial charge < -0.3 is 4.74 Å². The van der Waals surface area contributed by atoms with E-state index < -0.39 is 0 Å². The van der Waals surface area contributed by atoms with Crippen molar-refractivity contribution >= 4 is 15.9 Å². The maximum Gasteiger partial charge on any atom is 0.122 e. The highest BCUT2D eigenvalue weighted by atomic mass is 79.9. The van der Waals surface area contributed by atoms with Crippen molar-refractivity contribution < 1.29 is 4.74 Å². The van der Waals surface area contributed by atoms with E-state index in [9.17, 15) is 0 Å². The predicted octanol–water partition coefficient (Wildman–Crippen LogP) is 5.27. The molecule has 0 N–H and O–H groups in total. The molecule has 0 spiro atoms. The van der Waals surface area contributed by atoms with Crippen LogP contribution in [0.25, 0.3) is 0 Å². The first-order valence-corrected chi connectivity index (χ1v) is 8.07. The molecule has 0 saturated carbocycles. The van der Waals surface area contributed by atoms with Gasteiger partial charge in [-0.25, -0.2) is 0 Å². The average molecular weight is 311 g/mol. The largest absolute Gasteiger partial charge is 0.493 e. The van der Waals surface area contributed by atoms with Crippen LogP contribution in [0.2, 0.25) is 0 Å². The highest BCUT2D eigenvalue weighted by Gasteiger charge is 2.21. The van der Waals surface area contributed by atoms with Crippen molar-refractivity contribution in [3.63, 3.8) is 0 Å². The van der Waals surface area contributed by atoms with E-state index in [0.29, 0.717) is 4.83 Å². The zero-order chi connectivity index (χ0) is 13.0. The summed E-state index contributed by atoms with van der Waals surface area (Å²) in [5.74, 6) is 1.83. The number of rotatable bonds is 6. The number of hydrogen-bond donors (Lipinski definition) is 0. The van der Waals surface area contributed by atoms with Crippen LogP contribution in [-0.2, 0) is 6.42 Å². The zero-order valence-electron chi connectivity index (χ0n) is 11.4. The number of alkyl halides is 1. The van der Waals surface area contributed by atoms with Gasteiger partial charge in [-0.2, -0.15) is 0 Å². The molecule has 1 heterocycles. The van der Waals surface area contributed by atoms with Gasteiger partial charge in [0.1, 0.15) is 5.75 Å². The molecule has 1 aromatic carbocycles. The summed E-state index contributed by atoms with van der Waals surface area (Å²) in [6.07, 6.45) is 6.20. The molecule has 1 unspecified atom stereocenters. The maximum atomic E-state index is 5.57. The zero-order valence-corrected chi connectivity index (χ0v) is 13.0. The van der Waals surface area contributed by atoms with Crippen molar-refractivity contribution in [1.29, 1.82) is 0 Å². The Bertz CT molecular complexity index is 383. The van der Waals surface area contributed by atoms with Crippen LogP contribution in [-0.4, -0.2) is 6.61 Å². The van der Waals surface area contributed by atoms with Crippen molar-refractivity contribution in [1.82, 2.24) is 0 Å². The topological polar surface area (TPSA) is 9.23 Å². The summed E-state index contributed by atoms with van der Waals surface area (Å²) in [7, 11) is 0. The Morgan fingerprint density at radius 1 is 1.22 bits per heavy atom. The second-order valence-electron chi connectivity index (χ2n) is 5.20. The third-order valence-corrected chi connectivity index (χ3v) is 5.04. The van der Waals surface area contributed by atoms with Gasteiger partial charge in [0, 0.05) is 11.2 Å². The second kappa shape index (κ2) is 6.60. The maximum absolute atomic E-state index is 5.57. The van der Waals surface area contributed by atoms with E-state index in [0.717, 1.165) is 24.7 Å². The van der Waals surface area contributed by atoms with Gasteiger partial charge in [0.2, 0.25) is 0 Å². The Morgan fingerprint density at radius 2 is 1.94 bits per heavy atom. The molecular formula is C16H23BrO.